The van der Waals surface area contributed by atoms with Gasteiger partial charge in [-0.2, -0.15) is 0 Å². The molecule has 0 saturated carbocycles. The molecule has 0 heterocycles. The van der Waals surface area contributed by atoms with Crippen molar-refractivity contribution in [3.63, 3.8) is 0 Å². The van der Waals surface area contributed by atoms with Crippen LogP contribution in [0.4, 0.5) is 10.5 Å². The number of anilines is 1. The summed E-state index contributed by atoms with van der Waals surface area (Å²) in [5.41, 5.74) is 0.917. The first-order chi connectivity index (χ1) is 16.0. The van der Waals surface area contributed by atoms with Gasteiger partial charge in [0.2, 0.25) is 0 Å². The fraction of sp³-hybridized carbons (Fsp3) is 0.481. The molecule has 2 aromatic carbocycles. The third-order valence-electron chi connectivity index (χ3n) is 5.24. The summed E-state index contributed by atoms with van der Waals surface area (Å²) in [7, 11) is 0. The third-order valence-corrected chi connectivity index (χ3v) is 6.23. The van der Waals surface area contributed by atoms with Crippen LogP contribution in [0.3, 0.4) is 0 Å². The van der Waals surface area contributed by atoms with Crippen molar-refractivity contribution in [1.82, 2.24) is 5.32 Å². The number of hydrogen-bond acceptors (Lipinski definition) is 4. The van der Waals surface area contributed by atoms with E-state index in [4.69, 9.17) is 4.74 Å². The molecule has 0 radical (unpaired) electrons. The maximum Gasteiger partial charge on any atom is 0.321 e. The number of hydrogen-bond donors (Lipinski definition) is 1. The molecule has 0 saturated heterocycles. The van der Waals surface area contributed by atoms with Crippen molar-refractivity contribution < 1.29 is 14.3 Å². The molecule has 33 heavy (non-hydrogen) atoms. The topological polar surface area (TPSA) is 58.6 Å². The van der Waals surface area contributed by atoms with Crippen LogP contribution in [0.2, 0.25) is 0 Å². The summed E-state index contributed by atoms with van der Waals surface area (Å²) in [5, 5.41) is 3.10. The summed E-state index contributed by atoms with van der Waals surface area (Å²) in [6.45, 7) is 7.20. The Hall–Kier alpha value is -2.47. The number of benzene rings is 2. The predicted octanol–water partition coefficient (Wildman–Crippen LogP) is 7.44. The molecule has 0 aliphatic heterocycles. The van der Waals surface area contributed by atoms with Crippen LogP contribution in [0.25, 0.3) is 0 Å². The zero-order chi connectivity index (χ0) is 23.9. The molecule has 5 nitrogen and oxygen atoms in total. The van der Waals surface area contributed by atoms with Crippen LogP contribution in [0.15, 0.2) is 58.3 Å². The zero-order valence-corrected chi connectivity index (χ0v) is 21.1. The predicted molar refractivity (Wildman–Crippen MR) is 137 cm³/mol. The highest BCUT2D eigenvalue weighted by molar-refractivity contribution is 7.99. The molecule has 2 amide bonds. The first-order valence-electron chi connectivity index (χ1n) is 12.1. The summed E-state index contributed by atoms with van der Waals surface area (Å²) in [6, 6.07) is 15.6. The summed E-state index contributed by atoms with van der Waals surface area (Å²) >= 11 is 1.62. The number of carbonyl (C=O) groups is 2. The van der Waals surface area contributed by atoms with E-state index in [2.05, 4.69) is 25.2 Å². The second kappa shape index (κ2) is 15.4. The number of carbonyl (C=O) groups excluding carboxylic acids is 2. The first-order valence-corrected chi connectivity index (χ1v) is 13.0. The van der Waals surface area contributed by atoms with E-state index in [-0.39, 0.29) is 12.0 Å². The number of unbranched alkanes of at least 4 members (excludes halogenated alkanes) is 6. The lowest BCUT2D eigenvalue weighted by atomic mass is 10.1. The van der Waals surface area contributed by atoms with E-state index in [0.717, 1.165) is 47.6 Å². The number of nitrogens with one attached hydrogen (secondary N) is 1. The van der Waals surface area contributed by atoms with Gasteiger partial charge in [0.1, 0.15) is 5.75 Å². The Balaban J connectivity index is 2.07. The van der Waals surface area contributed by atoms with Crippen LogP contribution in [0.1, 0.15) is 72.1 Å². The lowest BCUT2D eigenvalue weighted by Crippen LogP contribution is -2.41. The smallest absolute Gasteiger partial charge is 0.321 e. The number of esters is 1. The number of ether oxygens (including phenoxy) is 1. The summed E-state index contributed by atoms with van der Waals surface area (Å²) in [4.78, 5) is 28.1. The zero-order valence-electron chi connectivity index (χ0n) is 20.3. The molecule has 0 fully saturated rings. The van der Waals surface area contributed by atoms with Gasteiger partial charge < -0.3 is 10.1 Å². The Kier molecular flexibility index (Phi) is 12.5. The van der Waals surface area contributed by atoms with Gasteiger partial charge in [-0.3, -0.25) is 9.69 Å². The fourth-order valence-corrected chi connectivity index (χ4v) is 4.35. The lowest BCUT2D eigenvalue weighted by molar-refractivity contribution is -0.131. The van der Waals surface area contributed by atoms with E-state index in [0.29, 0.717) is 18.8 Å². The minimum atomic E-state index is -0.328. The number of rotatable bonds is 14. The molecule has 0 unspecified atom stereocenters. The summed E-state index contributed by atoms with van der Waals surface area (Å²) in [6.07, 6.45) is 9.06. The van der Waals surface area contributed by atoms with Gasteiger partial charge in [-0.05, 0) is 55.3 Å². The van der Waals surface area contributed by atoms with Crippen molar-refractivity contribution in [3.05, 3.63) is 48.5 Å². The lowest BCUT2D eigenvalue weighted by Gasteiger charge is -2.24. The quantitative estimate of drug-likeness (QED) is 0.177. The van der Waals surface area contributed by atoms with E-state index >= 15 is 0 Å². The standard InChI is InChI=1S/C27H38N2O3S/c1-4-6-8-9-11-20-29(27(31)28-19-10-7-5-2)23-13-12-14-26(21-23)33-25-17-15-24(16-18-25)32-22(3)30/h12-18,21H,4-11,19-20H2,1-3H3,(H,28,31). The molecular formula is C27H38N2O3S. The molecule has 0 aliphatic rings. The molecule has 2 aromatic rings. The summed E-state index contributed by atoms with van der Waals surface area (Å²) < 4.78 is 5.11. The Bertz CT molecular complexity index is 855. The largest absolute Gasteiger partial charge is 0.427 e. The molecule has 2 rings (SSSR count). The van der Waals surface area contributed by atoms with Gasteiger partial charge in [0.05, 0.1) is 0 Å². The van der Waals surface area contributed by atoms with Crippen LogP contribution in [0, 0.1) is 0 Å². The van der Waals surface area contributed by atoms with Crippen molar-refractivity contribution in [1.29, 1.82) is 0 Å². The molecule has 0 aromatic heterocycles. The van der Waals surface area contributed by atoms with Gasteiger partial charge in [-0.15, -0.1) is 0 Å². The molecule has 180 valence electrons. The molecule has 0 spiro atoms. The summed E-state index contributed by atoms with van der Waals surface area (Å²) in [5.74, 6) is 0.209. The van der Waals surface area contributed by atoms with Crippen LogP contribution < -0.4 is 15.0 Å². The molecule has 0 aliphatic carbocycles. The van der Waals surface area contributed by atoms with E-state index < -0.39 is 0 Å². The van der Waals surface area contributed by atoms with E-state index in [1.807, 2.05) is 35.2 Å². The SMILES string of the molecule is CCCCCCCN(C(=O)NCCCCC)c1cccc(Sc2ccc(OC(C)=O)cc2)c1. The molecule has 0 atom stereocenters. The second-order valence-electron chi connectivity index (χ2n) is 8.17. The highest BCUT2D eigenvalue weighted by Crippen LogP contribution is 2.31. The maximum atomic E-state index is 13.0. The van der Waals surface area contributed by atoms with Crippen molar-refractivity contribution in [3.8, 4) is 5.75 Å². The Morgan fingerprint density at radius 2 is 1.58 bits per heavy atom. The van der Waals surface area contributed by atoms with Crippen LogP contribution in [-0.4, -0.2) is 25.1 Å². The van der Waals surface area contributed by atoms with Crippen molar-refractivity contribution in [2.45, 2.75) is 81.9 Å². The van der Waals surface area contributed by atoms with Crippen LogP contribution in [0.5, 0.6) is 5.75 Å². The molecule has 6 heteroatoms. The third kappa shape index (κ3) is 10.3. The highest BCUT2D eigenvalue weighted by atomic mass is 32.2. The van der Waals surface area contributed by atoms with Crippen molar-refractivity contribution >= 4 is 29.4 Å². The van der Waals surface area contributed by atoms with Gasteiger partial charge >= 0.3 is 12.0 Å². The van der Waals surface area contributed by atoms with Gasteiger partial charge in [0.25, 0.3) is 0 Å². The average molecular weight is 471 g/mol. The molecule has 1 N–H and O–H groups in total. The van der Waals surface area contributed by atoms with Gasteiger partial charge in [-0.1, -0.05) is 70.2 Å². The fourth-order valence-electron chi connectivity index (χ4n) is 3.48. The van der Waals surface area contributed by atoms with Crippen LogP contribution in [-0.2, 0) is 4.79 Å². The molecular weight excluding hydrogens is 432 g/mol. The van der Waals surface area contributed by atoms with Crippen molar-refractivity contribution in [2.75, 3.05) is 18.0 Å². The average Bonchev–Trinajstić information content (AvgIpc) is 2.80. The number of amides is 2. The van der Waals surface area contributed by atoms with Gasteiger partial charge in [0.15, 0.2) is 0 Å². The minimum Gasteiger partial charge on any atom is -0.427 e. The molecule has 0 bridgehead atoms. The van der Waals surface area contributed by atoms with E-state index in [1.54, 1.807) is 23.9 Å². The Labute approximate surface area is 203 Å². The maximum absolute atomic E-state index is 13.0. The first kappa shape index (κ1) is 26.8. The Morgan fingerprint density at radius 1 is 0.879 bits per heavy atom. The minimum absolute atomic E-state index is 0.0190. The Morgan fingerprint density at radius 3 is 2.27 bits per heavy atom. The van der Waals surface area contributed by atoms with Gasteiger partial charge in [-0.25, -0.2) is 4.79 Å². The van der Waals surface area contributed by atoms with E-state index in [9.17, 15) is 9.59 Å². The van der Waals surface area contributed by atoms with Crippen LogP contribution >= 0.6 is 11.8 Å². The van der Waals surface area contributed by atoms with E-state index in [1.165, 1.54) is 26.2 Å². The monoisotopic (exact) mass is 470 g/mol. The van der Waals surface area contributed by atoms with Crippen molar-refractivity contribution in [2.24, 2.45) is 0 Å². The number of nitrogens with zero attached hydrogens (tertiary/aromatic N) is 1. The number of urea groups is 1. The second-order valence-corrected chi connectivity index (χ2v) is 9.32. The normalized spacial score (nSPS) is 10.6. The highest BCUT2D eigenvalue weighted by Gasteiger charge is 2.15. The van der Waals surface area contributed by atoms with Gasteiger partial charge in [0, 0.05) is 35.5 Å².